The standard InChI is InChI=1S/C16H20O3S/c1-6-7-14(11(2)12(3)19-5)20-15-10-16(4,18)9-8-13(15)17/h6-10,12,18H,1-2H2,3-5H3/b14-7+/t12-,16+/m0/s1. The molecule has 0 saturated heterocycles. The molecule has 2 atom stereocenters. The zero-order valence-corrected chi connectivity index (χ0v) is 12.9. The topological polar surface area (TPSA) is 46.5 Å². The van der Waals surface area contributed by atoms with Crippen LogP contribution in [0.1, 0.15) is 13.8 Å². The maximum atomic E-state index is 11.9. The van der Waals surface area contributed by atoms with Crippen molar-refractivity contribution in [2.24, 2.45) is 0 Å². The van der Waals surface area contributed by atoms with Gasteiger partial charge in [-0.15, -0.1) is 0 Å². The Morgan fingerprint density at radius 3 is 2.80 bits per heavy atom. The molecule has 0 fully saturated rings. The molecule has 1 N–H and O–H groups in total. The molecule has 0 saturated carbocycles. The molecule has 108 valence electrons. The minimum atomic E-state index is -1.11. The molecule has 0 unspecified atom stereocenters. The number of hydrogen-bond acceptors (Lipinski definition) is 4. The first-order valence-electron chi connectivity index (χ1n) is 6.22. The van der Waals surface area contributed by atoms with E-state index in [1.165, 1.54) is 23.9 Å². The number of methoxy groups -OCH3 is 1. The van der Waals surface area contributed by atoms with Crippen LogP contribution in [0.3, 0.4) is 0 Å². The Hall–Kier alpha value is -1.36. The number of aliphatic hydroxyl groups is 1. The van der Waals surface area contributed by atoms with Crippen molar-refractivity contribution < 1.29 is 14.6 Å². The lowest BCUT2D eigenvalue weighted by atomic mass is 10.0. The third kappa shape index (κ3) is 4.34. The zero-order chi connectivity index (χ0) is 15.3. The highest BCUT2D eigenvalue weighted by Gasteiger charge is 2.24. The van der Waals surface area contributed by atoms with Gasteiger partial charge >= 0.3 is 0 Å². The first-order valence-corrected chi connectivity index (χ1v) is 7.03. The van der Waals surface area contributed by atoms with Crippen LogP contribution < -0.4 is 0 Å². The van der Waals surface area contributed by atoms with Gasteiger partial charge < -0.3 is 9.84 Å². The summed E-state index contributed by atoms with van der Waals surface area (Å²) in [7, 11) is 1.60. The van der Waals surface area contributed by atoms with E-state index in [2.05, 4.69) is 13.2 Å². The van der Waals surface area contributed by atoms with Gasteiger partial charge in [-0.25, -0.2) is 0 Å². The predicted octanol–water partition coefficient (Wildman–Crippen LogP) is 3.15. The van der Waals surface area contributed by atoms with Crippen molar-refractivity contribution in [3.05, 3.63) is 58.9 Å². The summed E-state index contributed by atoms with van der Waals surface area (Å²) in [5, 5.41) is 9.98. The minimum Gasteiger partial charge on any atom is -0.382 e. The van der Waals surface area contributed by atoms with Crippen LogP contribution >= 0.6 is 11.8 Å². The van der Waals surface area contributed by atoms with E-state index in [1.54, 1.807) is 32.3 Å². The van der Waals surface area contributed by atoms with Crippen molar-refractivity contribution in [3.8, 4) is 0 Å². The summed E-state index contributed by atoms with van der Waals surface area (Å²) in [6, 6.07) is 0. The minimum absolute atomic E-state index is 0.130. The van der Waals surface area contributed by atoms with Crippen molar-refractivity contribution in [2.75, 3.05) is 7.11 Å². The third-order valence-electron chi connectivity index (χ3n) is 2.89. The Balaban J connectivity index is 3.01. The number of ether oxygens (including phenoxy) is 1. The number of rotatable bonds is 6. The Kier molecular flexibility index (Phi) is 5.74. The lowest BCUT2D eigenvalue weighted by molar-refractivity contribution is -0.111. The van der Waals surface area contributed by atoms with E-state index in [-0.39, 0.29) is 11.9 Å². The second-order valence-electron chi connectivity index (χ2n) is 4.70. The Bertz CT molecular complexity index is 510. The smallest absolute Gasteiger partial charge is 0.192 e. The third-order valence-corrected chi connectivity index (χ3v) is 4.05. The van der Waals surface area contributed by atoms with Gasteiger partial charge in [-0.1, -0.05) is 31.0 Å². The fourth-order valence-corrected chi connectivity index (χ4v) is 2.73. The van der Waals surface area contributed by atoms with Crippen LogP contribution in [-0.4, -0.2) is 29.7 Å². The SMILES string of the molecule is C=C/C=C(/SC1=C[C@](C)(O)C=CC1=O)C(=C)[C@H](C)OC. The summed E-state index contributed by atoms with van der Waals surface area (Å²) < 4.78 is 5.24. The van der Waals surface area contributed by atoms with Gasteiger partial charge in [-0.3, -0.25) is 4.79 Å². The zero-order valence-electron chi connectivity index (χ0n) is 12.1. The molecular formula is C16H20O3S. The molecule has 0 bridgehead atoms. The van der Waals surface area contributed by atoms with Gasteiger partial charge in [0, 0.05) is 12.0 Å². The predicted molar refractivity (Wildman–Crippen MR) is 84.3 cm³/mol. The Morgan fingerprint density at radius 1 is 1.60 bits per heavy atom. The second kappa shape index (κ2) is 6.88. The molecule has 1 rings (SSSR count). The monoisotopic (exact) mass is 292 g/mol. The average molecular weight is 292 g/mol. The summed E-state index contributed by atoms with van der Waals surface area (Å²) in [5.74, 6) is -0.130. The Labute approximate surface area is 124 Å². The quantitative estimate of drug-likeness (QED) is 0.764. The van der Waals surface area contributed by atoms with E-state index in [4.69, 9.17) is 4.74 Å². The van der Waals surface area contributed by atoms with Crippen LogP contribution in [0, 0.1) is 0 Å². The van der Waals surface area contributed by atoms with Crippen LogP contribution in [-0.2, 0) is 9.53 Å². The summed E-state index contributed by atoms with van der Waals surface area (Å²) in [4.78, 5) is 13.1. The number of carbonyl (C=O) groups excluding carboxylic acids is 1. The lowest BCUT2D eigenvalue weighted by Gasteiger charge is -2.21. The van der Waals surface area contributed by atoms with Gasteiger partial charge in [0.05, 0.1) is 16.6 Å². The van der Waals surface area contributed by atoms with Crippen LogP contribution in [0.15, 0.2) is 58.9 Å². The summed E-state index contributed by atoms with van der Waals surface area (Å²) >= 11 is 1.26. The van der Waals surface area contributed by atoms with E-state index in [9.17, 15) is 9.90 Å². The molecule has 4 heteroatoms. The molecule has 1 aliphatic carbocycles. The highest BCUT2D eigenvalue weighted by Crippen LogP contribution is 2.36. The molecule has 0 heterocycles. The molecule has 0 aromatic heterocycles. The molecule has 0 spiro atoms. The van der Waals surface area contributed by atoms with E-state index in [1.807, 2.05) is 6.92 Å². The molecule has 0 radical (unpaired) electrons. The maximum absolute atomic E-state index is 11.9. The van der Waals surface area contributed by atoms with Crippen molar-refractivity contribution in [1.29, 1.82) is 0 Å². The van der Waals surface area contributed by atoms with Gasteiger partial charge in [-0.05, 0) is 43.7 Å². The van der Waals surface area contributed by atoms with Crippen molar-refractivity contribution in [1.82, 2.24) is 0 Å². The molecule has 0 aromatic rings. The molecule has 20 heavy (non-hydrogen) atoms. The lowest BCUT2D eigenvalue weighted by Crippen LogP contribution is -2.22. The Morgan fingerprint density at radius 2 is 2.25 bits per heavy atom. The molecule has 3 nitrogen and oxygen atoms in total. The second-order valence-corrected chi connectivity index (χ2v) is 5.79. The summed E-state index contributed by atoms with van der Waals surface area (Å²) in [5.41, 5.74) is -0.343. The van der Waals surface area contributed by atoms with E-state index < -0.39 is 5.60 Å². The van der Waals surface area contributed by atoms with Crippen LogP contribution in [0.2, 0.25) is 0 Å². The maximum Gasteiger partial charge on any atom is 0.192 e. The van der Waals surface area contributed by atoms with Crippen LogP contribution in [0.4, 0.5) is 0 Å². The number of hydrogen-bond donors (Lipinski definition) is 1. The number of thioether (sulfide) groups is 1. The largest absolute Gasteiger partial charge is 0.382 e. The first kappa shape index (κ1) is 16.7. The van der Waals surface area contributed by atoms with Gasteiger partial charge in [-0.2, -0.15) is 0 Å². The van der Waals surface area contributed by atoms with Crippen molar-refractivity contribution in [3.63, 3.8) is 0 Å². The van der Waals surface area contributed by atoms with Crippen LogP contribution in [0.5, 0.6) is 0 Å². The fraction of sp³-hybridized carbons (Fsp3) is 0.312. The number of carbonyl (C=O) groups is 1. The van der Waals surface area contributed by atoms with E-state index in [0.29, 0.717) is 4.91 Å². The van der Waals surface area contributed by atoms with Crippen LogP contribution in [0.25, 0.3) is 0 Å². The number of allylic oxidation sites excluding steroid dienone is 4. The molecule has 0 aromatic carbocycles. The normalized spacial score (nSPS) is 24.3. The molecule has 0 amide bonds. The fourth-order valence-electron chi connectivity index (χ4n) is 1.57. The molecule has 1 aliphatic rings. The van der Waals surface area contributed by atoms with Crippen molar-refractivity contribution >= 4 is 17.5 Å². The summed E-state index contributed by atoms with van der Waals surface area (Å²) in [6.07, 6.45) is 7.66. The average Bonchev–Trinajstić information content (AvgIpc) is 2.40. The highest BCUT2D eigenvalue weighted by atomic mass is 32.2. The van der Waals surface area contributed by atoms with Crippen molar-refractivity contribution in [2.45, 2.75) is 25.6 Å². The van der Waals surface area contributed by atoms with Gasteiger partial charge in [0.15, 0.2) is 5.78 Å². The molecule has 0 aliphatic heterocycles. The van der Waals surface area contributed by atoms with Gasteiger partial charge in [0.1, 0.15) is 0 Å². The van der Waals surface area contributed by atoms with Gasteiger partial charge in [0.2, 0.25) is 0 Å². The van der Waals surface area contributed by atoms with E-state index >= 15 is 0 Å². The molecular weight excluding hydrogens is 272 g/mol. The summed E-state index contributed by atoms with van der Waals surface area (Å²) in [6.45, 7) is 11.2. The number of ketones is 1. The van der Waals surface area contributed by atoms with E-state index in [0.717, 1.165) is 10.5 Å². The highest BCUT2D eigenvalue weighted by molar-refractivity contribution is 8.07. The first-order chi connectivity index (χ1) is 9.30. The van der Waals surface area contributed by atoms with Gasteiger partial charge in [0.25, 0.3) is 0 Å².